The molecule has 2 N–H and O–H groups in total. The molecule has 30 heavy (non-hydrogen) atoms. The van der Waals surface area contributed by atoms with E-state index in [0.717, 1.165) is 44.0 Å². The van der Waals surface area contributed by atoms with Gasteiger partial charge in [-0.25, -0.2) is 4.99 Å². The highest BCUT2D eigenvalue weighted by Gasteiger charge is 2.19. The van der Waals surface area contributed by atoms with Gasteiger partial charge in [0.25, 0.3) is 0 Å². The summed E-state index contributed by atoms with van der Waals surface area (Å²) in [4.78, 5) is 18.6. The number of hydrogen-bond acceptors (Lipinski definition) is 2. The van der Waals surface area contributed by atoms with Gasteiger partial charge < -0.3 is 15.5 Å². The molecule has 2 aromatic rings. The van der Waals surface area contributed by atoms with Crippen LogP contribution in [0.3, 0.4) is 0 Å². The second kappa shape index (κ2) is 10.8. The molecular weight excluding hydrogens is 372 g/mol. The number of nitrogens with one attached hydrogen (secondary N) is 2. The molecule has 2 aromatic carbocycles. The van der Waals surface area contributed by atoms with Crippen molar-refractivity contribution in [1.82, 2.24) is 15.5 Å². The van der Waals surface area contributed by atoms with Gasteiger partial charge in [-0.15, -0.1) is 0 Å². The third-order valence-electron chi connectivity index (χ3n) is 5.29. The lowest BCUT2D eigenvalue weighted by atomic mass is 10.1. The molecule has 5 heteroatoms. The highest BCUT2D eigenvalue weighted by Crippen LogP contribution is 2.15. The van der Waals surface area contributed by atoms with E-state index in [9.17, 15) is 4.79 Å². The van der Waals surface area contributed by atoms with Crippen LogP contribution in [0.15, 0.2) is 47.5 Å². The number of benzene rings is 2. The standard InChI is InChI=1S/C25H34N4O/c1-4-26-25(27-11-10-21-14-19(2)13-20(3)15-21)28-17-22-7-5-8-23(16-22)18-29-12-6-9-24(29)30/h5,7-8,13-16H,4,6,9-12,17-18H2,1-3H3,(H2,26,27,28). The number of guanidine groups is 1. The van der Waals surface area contributed by atoms with E-state index in [1.165, 1.54) is 22.3 Å². The monoisotopic (exact) mass is 406 g/mol. The van der Waals surface area contributed by atoms with Gasteiger partial charge in [0.2, 0.25) is 5.91 Å². The van der Waals surface area contributed by atoms with Gasteiger partial charge in [-0.05, 0) is 50.3 Å². The van der Waals surface area contributed by atoms with E-state index in [4.69, 9.17) is 4.99 Å². The molecule has 0 aliphatic carbocycles. The molecule has 0 saturated carbocycles. The third-order valence-corrected chi connectivity index (χ3v) is 5.29. The summed E-state index contributed by atoms with van der Waals surface area (Å²) in [6.07, 6.45) is 2.62. The van der Waals surface area contributed by atoms with E-state index < -0.39 is 0 Å². The van der Waals surface area contributed by atoms with Crippen LogP contribution in [0.1, 0.15) is 47.6 Å². The van der Waals surface area contributed by atoms with Crippen molar-refractivity contribution < 1.29 is 4.79 Å². The van der Waals surface area contributed by atoms with Crippen molar-refractivity contribution in [3.05, 3.63) is 70.3 Å². The Morgan fingerprint density at radius 3 is 2.50 bits per heavy atom. The normalized spacial score (nSPS) is 14.3. The smallest absolute Gasteiger partial charge is 0.222 e. The number of hydrogen-bond donors (Lipinski definition) is 2. The summed E-state index contributed by atoms with van der Waals surface area (Å²) in [6.45, 7) is 10.2. The summed E-state index contributed by atoms with van der Waals surface area (Å²) in [5.41, 5.74) is 6.29. The van der Waals surface area contributed by atoms with Gasteiger partial charge in [0.1, 0.15) is 0 Å². The summed E-state index contributed by atoms with van der Waals surface area (Å²) >= 11 is 0. The average Bonchev–Trinajstić information content (AvgIpc) is 3.10. The molecule has 0 bridgehead atoms. The van der Waals surface area contributed by atoms with Crippen molar-refractivity contribution in [2.75, 3.05) is 19.6 Å². The van der Waals surface area contributed by atoms with Crippen LogP contribution in [-0.4, -0.2) is 36.4 Å². The maximum absolute atomic E-state index is 11.9. The number of nitrogens with zero attached hydrogens (tertiary/aromatic N) is 2. The topological polar surface area (TPSA) is 56.7 Å². The van der Waals surface area contributed by atoms with Crippen molar-refractivity contribution in [2.45, 2.75) is 53.1 Å². The fraction of sp³-hybridized carbons (Fsp3) is 0.440. The minimum atomic E-state index is 0.265. The first-order valence-electron chi connectivity index (χ1n) is 11.0. The largest absolute Gasteiger partial charge is 0.357 e. The maximum Gasteiger partial charge on any atom is 0.222 e. The fourth-order valence-corrected chi connectivity index (χ4v) is 3.97. The first-order valence-corrected chi connectivity index (χ1v) is 11.0. The van der Waals surface area contributed by atoms with Crippen molar-refractivity contribution >= 4 is 11.9 Å². The van der Waals surface area contributed by atoms with Gasteiger partial charge in [-0.1, -0.05) is 53.6 Å². The molecule has 0 aromatic heterocycles. The van der Waals surface area contributed by atoms with Crippen LogP contribution < -0.4 is 10.6 Å². The lowest BCUT2D eigenvalue weighted by Crippen LogP contribution is -2.38. The summed E-state index contributed by atoms with van der Waals surface area (Å²) in [6, 6.07) is 15.1. The van der Waals surface area contributed by atoms with E-state index in [2.05, 4.69) is 73.9 Å². The molecule has 1 amide bonds. The van der Waals surface area contributed by atoms with Crippen LogP contribution >= 0.6 is 0 Å². The summed E-state index contributed by atoms with van der Waals surface area (Å²) in [5, 5.41) is 6.77. The fourth-order valence-electron chi connectivity index (χ4n) is 3.97. The summed E-state index contributed by atoms with van der Waals surface area (Å²) in [5.74, 6) is 1.10. The lowest BCUT2D eigenvalue weighted by Gasteiger charge is -2.16. The second-order valence-corrected chi connectivity index (χ2v) is 8.11. The van der Waals surface area contributed by atoms with E-state index in [-0.39, 0.29) is 5.91 Å². The zero-order valence-electron chi connectivity index (χ0n) is 18.5. The Morgan fingerprint density at radius 1 is 1.03 bits per heavy atom. The molecule has 160 valence electrons. The van der Waals surface area contributed by atoms with E-state index in [1.807, 2.05) is 4.90 Å². The number of rotatable bonds is 8. The number of aryl methyl sites for hydroxylation is 2. The molecular formula is C25H34N4O. The van der Waals surface area contributed by atoms with Gasteiger partial charge in [0, 0.05) is 32.6 Å². The average molecular weight is 407 g/mol. The molecule has 0 radical (unpaired) electrons. The summed E-state index contributed by atoms with van der Waals surface area (Å²) in [7, 11) is 0. The molecule has 3 rings (SSSR count). The number of carbonyl (C=O) groups is 1. The second-order valence-electron chi connectivity index (χ2n) is 8.11. The van der Waals surface area contributed by atoms with Crippen LogP contribution in [-0.2, 0) is 24.3 Å². The van der Waals surface area contributed by atoms with Crippen LogP contribution in [0.2, 0.25) is 0 Å². The zero-order valence-corrected chi connectivity index (χ0v) is 18.5. The van der Waals surface area contributed by atoms with Gasteiger partial charge in [0.15, 0.2) is 5.96 Å². The number of amides is 1. The Balaban J connectivity index is 1.56. The quantitative estimate of drug-likeness (QED) is 0.519. The van der Waals surface area contributed by atoms with Crippen LogP contribution in [0.25, 0.3) is 0 Å². The van der Waals surface area contributed by atoms with E-state index in [0.29, 0.717) is 19.5 Å². The lowest BCUT2D eigenvalue weighted by molar-refractivity contribution is -0.128. The molecule has 0 atom stereocenters. The first-order chi connectivity index (χ1) is 14.5. The number of likely N-dealkylation sites (tertiary alicyclic amines) is 1. The number of aliphatic imine (C=N–C) groups is 1. The minimum absolute atomic E-state index is 0.265. The molecule has 0 spiro atoms. The van der Waals surface area contributed by atoms with Crippen LogP contribution in [0, 0.1) is 13.8 Å². The van der Waals surface area contributed by atoms with Crippen molar-refractivity contribution in [1.29, 1.82) is 0 Å². The molecule has 1 aliphatic rings. The predicted octanol–water partition coefficient (Wildman–Crippen LogP) is 3.72. The van der Waals surface area contributed by atoms with Crippen molar-refractivity contribution in [2.24, 2.45) is 4.99 Å². The van der Waals surface area contributed by atoms with Gasteiger partial charge in [-0.3, -0.25) is 4.79 Å². The van der Waals surface area contributed by atoms with Gasteiger partial charge in [-0.2, -0.15) is 0 Å². The SMILES string of the molecule is CCNC(=NCc1cccc(CN2CCCC2=O)c1)NCCc1cc(C)cc(C)c1. The first kappa shape index (κ1) is 21.9. The molecule has 5 nitrogen and oxygen atoms in total. The van der Waals surface area contributed by atoms with Crippen LogP contribution in [0.5, 0.6) is 0 Å². The Kier molecular flexibility index (Phi) is 7.89. The van der Waals surface area contributed by atoms with Crippen molar-refractivity contribution in [3.63, 3.8) is 0 Å². The molecule has 1 aliphatic heterocycles. The Bertz CT molecular complexity index is 870. The van der Waals surface area contributed by atoms with E-state index >= 15 is 0 Å². The predicted molar refractivity (Wildman–Crippen MR) is 124 cm³/mol. The van der Waals surface area contributed by atoms with Gasteiger partial charge >= 0.3 is 0 Å². The molecule has 0 unspecified atom stereocenters. The Labute approximate surface area is 180 Å². The third kappa shape index (κ3) is 6.61. The van der Waals surface area contributed by atoms with Crippen molar-refractivity contribution in [3.8, 4) is 0 Å². The van der Waals surface area contributed by atoms with Gasteiger partial charge in [0.05, 0.1) is 6.54 Å². The molecule has 1 heterocycles. The highest BCUT2D eigenvalue weighted by molar-refractivity contribution is 5.79. The minimum Gasteiger partial charge on any atom is -0.357 e. The molecule has 1 saturated heterocycles. The zero-order chi connectivity index (χ0) is 21.3. The highest BCUT2D eigenvalue weighted by atomic mass is 16.2. The van der Waals surface area contributed by atoms with E-state index in [1.54, 1.807) is 0 Å². The Hall–Kier alpha value is -2.82. The number of carbonyl (C=O) groups excluding carboxylic acids is 1. The summed E-state index contributed by atoms with van der Waals surface area (Å²) < 4.78 is 0. The van der Waals surface area contributed by atoms with Crippen LogP contribution in [0.4, 0.5) is 0 Å². The molecule has 1 fully saturated rings. The Morgan fingerprint density at radius 2 is 1.80 bits per heavy atom. The maximum atomic E-state index is 11.9.